The highest BCUT2D eigenvalue weighted by atomic mass is 31.2. The van der Waals surface area contributed by atoms with E-state index in [-0.39, 0.29) is 31.5 Å². The molecule has 0 aliphatic heterocycles. The quantitative estimate of drug-likeness (QED) is 0.0205. The van der Waals surface area contributed by atoms with Crippen molar-refractivity contribution in [3.8, 4) is 0 Å². The molecule has 0 aliphatic carbocycles. The van der Waals surface area contributed by atoms with Crippen molar-refractivity contribution in [1.82, 2.24) is 5.32 Å². The SMILES string of the molecule is CCCCC/C=C\C/C=C\C/C=C\C/C=C\CCCCCCCCCCCC(=O)NC(COP(=O)(O)OCC[N+](C)(C)C)C(/C=C\CCCCCCCCCCCCC)OC(=O)CCCCCCCCCCCCC/C=C\C/C=C\CCCCC. The molecule has 0 aromatic carbocycles. The van der Waals surface area contributed by atoms with Crippen LogP contribution in [-0.2, 0) is 27.9 Å². The summed E-state index contributed by atoms with van der Waals surface area (Å²) in [7, 11) is 1.49. The molecule has 9 nitrogen and oxygen atoms in total. The zero-order valence-corrected chi connectivity index (χ0v) is 57.5. The molecule has 0 aliphatic rings. The molecule has 0 heterocycles. The van der Waals surface area contributed by atoms with Gasteiger partial charge in [-0.25, -0.2) is 4.57 Å². The van der Waals surface area contributed by atoms with Gasteiger partial charge in [0.25, 0.3) is 0 Å². The summed E-state index contributed by atoms with van der Waals surface area (Å²) in [6.45, 7) is 6.99. The molecule has 3 atom stereocenters. The lowest BCUT2D eigenvalue weighted by Crippen LogP contribution is -2.47. The lowest BCUT2D eigenvalue weighted by Gasteiger charge is -2.27. The number of unbranched alkanes of at least 4 members (excludes halogenated alkanes) is 37. The van der Waals surface area contributed by atoms with Gasteiger partial charge in [-0.1, -0.05) is 292 Å². The van der Waals surface area contributed by atoms with Crippen LogP contribution in [0.25, 0.3) is 0 Å². The smallest absolute Gasteiger partial charge is 0.456 e. The molecular weight excluding hydrogens is 1070 g/mol. The van der Waals surface area contributed by atoms with E-state index in [4.69, 9.17) is 13.8 Å². The summed E-state index contributed by atoms with van der Waals surface area (Å²) < 4.78 is 30.9. The predicted molar refractivity (Wildman–Crippen MR) is 369 cm³/mol. The van der Waals surface area contributed by atoms with Gasteiger partial charge in [-0.2, -0.15) is 0 Å². The predicted octanol–water partition coefficient (Wildman–Crippen LogP) is 22.9. The molecule has 0 saturated carbocycles. The molecule has 0 radical (unpaired) electrons. The molecule has 2 N–H and O–H groups in total. The van der Waals surface area contributed by atoms with Crippen LogP contribution in [0.1, 0.15) is 329 Å². The normalized spacial score (nSPS) is 14.0. The summed E-state index contributed by atoms with van der Waals surface area (Å²) in [4.78, 5) is 37.9. The zero-order valence-electron chi connectivity index (χ0n) is 56.6. The molecule has 10 heteroatoms. The molecule has 0 fully saturated rings. The van der Waals surface area contributed by atoms with Gasteiger partial charge in [-0.05, 0) is 109 Å². The Hall–Kier alpha value is -2.81. The number of phosphoric acid groups is 1. The zero-order chi connectivity index (χ0) is 62.1. The Balaban J connectivity index is 5.12. The first kappa shape index (κ1) is 82.2. The van der Waals surface area contributed by atoms with Crippen LogP contribution in [0.2, 0.25) is 0 Å². The van der Waals surface area contributed by atoms with Gasteiger partial charge in [0.2, 0.25) is 5.91 Å². The molecular formula is C75H138N2O7P+. The monoisotopic (exact) mass is 1210 g/mol. The van der Waals surface area contributed by atoms with Crippen LogP contribution in [0, 0.1) is 0 Å². The third kappa shape index (κ3) is 65.5. The standard InChI is InChI=1S/C75H137N2O7P/c1-7-10-13-16-19-22-25-28-30-32-34-36-37-38-39-41-42-44-46-49-52-55-58-61-64-67-74(78)76-72(71-83-85(80,81)82-70-69-77(4,5)6)73(66-63-60-57-54-51-48-27-24-21-18-15-12-9-3)84-75(79)68-65-62-59-56-53-50-47-45-43-40-35-33-31-29-26-23-20-17-14-11-8-2/h19-20,22-23,28-31,34,36,38-39,63,66,72-73H,7-18,21,24-27,32-33,35,37,40-62,64-65,67-71H2,1-6H3,(H-,76,78,80,81)/p+1/b22-19-,23-20-,30-28-,31-29-,36-34-,39-38-,66-63-. The van der Waals surface area contributed by atoms with Gasteiger partial charge < -0.3 is 19.4 Å². The van der Waals surface area contributed by atoms with Crippen LogP contribution in [0.4, 0.5) is 0 Å². The fourth-order valence-electron chi connectivity index (χ4n) is 10.2. The fourth-order valence-corrected chi connectivity index (χ4v) is 11.0. The van der Waals surface area contributed by atoms with Gasteiger partial charge >= 0.3 is 13.8 Å². The molecule has 0 aromatic rings. The third-order valence-electron chi connectivity index (χ3n) is 15.8. The molecule has 0 aromatic heterocycles. The summed E-state index contributed by atoms with van der Waals surface area (Å²) in [6, 6.07) is -0.857. The van der Waals surface area contributed by atoms with Gasteiger partial charge in [0.05, 0.1) is 33.8 Å². The van der Waals surface area contributed by atoms with Crippen molar-refractivity contribution < 1.29 is 37.3 Å². The van der Waals surface area contributed by atoms with Gasteiger partial charge in [0.15, 0.2) is 0 Å². The Bertz CT molecular complexity index is 1730. The average molecular weight is 1210 g/mol. The maximum absolute atomic E-state index is 13.6. The van der Waals surface area contributed by atoms with Crippen molar-refractivity contribution >= 4 is 19.7 Å². The number of hydrogen-bond acceptors (Lipinski definition) is 6. The Morgan fingerprint density at radius 1 is 0.412 bits per heavy atom. The Labute approximate surface area is 526 Å². The fraction of sp³-hybridized carbons (Fsp3) is 0.787. The van der Waals surface area contributed by atoms with E-state index in [1.165, 1.54) is 199 Å². The van der Waals surface area contributed by atoms with Crippen LogP contribution in [0.3, 0.4) is 0 Å². The van der Waals surface area contributed by atoms with E-state index in [9.17, 15) is 19.0 Å². The molecule has 1 amide bonds. The average Bonchev–Trinajstić information content (AvgIpc) is 3.64. The highest BCUT2D eigenvalue weighted by Gasteiger charge is 2.30. The third-order valence-corrected chi connectivity index (χ3v) is 16.8. The Morgan fingerprint density at radius 3 is 1.09 bits per heavy atom. The lowest BCUT2D eigenvalue weighted by molar-refractivity contribution is -0.870. The number of ether oxygens (including phenoxy) is 1. The van der Waals surface area contributed by atoms with Crippen molar-refractivity contribution in [2.75, 3.05) is 40.9 Å². The number of allylic oxidation sites excluding steroid dienone is 13. The summed E-state index contributed by atoms with van der Waals surface area (Å²) in [5.74, 6) is -0.507. The number of likely N-dealkylation sites (N-methyl/N-ethyl adjacent to an activating group) is 1. The highest BCUT2D eigenvalue weighted by Crippen LogP contribution is 2.43. The van der Waals surface area contributed by atoms with Crippen molar-refractivity contribution in [1.29, 1.82) is 0 Å². The second-order valence-corrected chi connectivity index (χ2v) is 26.9. The second kappa shape index (κ2) is 64.2. The van der Waals surface area contributed by atoms with Crippen LogP contribution >= 0.6 is 7.82 Å². The number of carbonyl (C=O) groups excluding carboxylic acids is 2. The van der Waals surface area contributed by atoms with Gasteiger partial charge in [0, 0.05) is 12.8 Å². The van der Waals surface area contributed by atoms with Crippen molar-refractivity contribution in [2.45, 2.75) is 341 Å². The minimum Gasteiger partial charge on any atom is -0.456 e. The first-order valence-electron chi connectivity index (χ1n) is 35.9. The van der Waals surface area contributed by atoms with Crippen molar-refractivity contribution in [2.24, 2.45) is 0 Å². The van der Waals surface area contributed by atoms with E-state index in [1.54, 1.807) is 0 Å². The maximum Gasteiger partial charge on any atom is 0.472 e. The van der Waals surface area contributed by atoms with Crippen molar-refractivity contribution in [3.63, 3.8) is 0 Å². The number of carbonyl (C=O) groups is 2. The first-order chi connectivity index (χ1) is 41.4. The number of quaternary nitrogens is 1. The van der Waals surface area contributed by atoms with Gasteiger partial charge in [-0.3, -0.25) is 18.6 Å². The van der Waals surface area contributed by atoms with E-state index in [0.717, 1.165) is 96.3 Å². The topological polar surface area (TPSA) is 111 Å². The summed E-state index contributed by atoms with van der Waals surface area (Å²) in [5, 5.41) is 3.07. The van der Waals surface area contributed by atoms with Crippen LogP contribution in [-0.4, -0.2) is 74.3 Å². The second-order valence-electron chi connectivity index (χ2n) is 25.4. The first-order valence-corrected chi connectivity index (χ1v) is 37.4. The maximum atomic E-state index is 13.6. The van der Waals surface area contributed by atoms with Crippen LogP contribution < -0.4 is 5.32 Å². The molecule has 0 rings (SSSR count). The number of phosphoric ester groups is 1. The summed E-state index contributed by atoms with van der Waals surface area (Å²) in [5.41, 5.74) is 0. The Kier molecular flexibility index (Phi) is 62.1. The number of esters is 1. The number of rotatable bonds is 65. The number of nitrogens with zero attached hydrogens (tertiary/aromatic N) is 1. The molecule has 85 heavy (non-hydrogen) atoms. The van der Waals surface area contributed by atoms with Gasteiger partial charge in [0.1, 0.15) is 19.3 Å². The number of nitrogens with one attached hydrogen (secondary N) is 1. The Morgan fingerprint density at radius 2 is 0.718 bits per heavy atom. The summed E-state index contributed by atoms with van der Waals surface area (Å²) >= 11 is 0. The summed E-state index contributed by atoms with van der Waals surface area (Å²) in [6.07, 6.45) is 85.8. The number of amides is 1. The lowest BCUT2D eigenvalue weighted by atomic mass is 10.0. The van der Waals surface area contributed by atoms with E-state index < -0.39 is 20.0 Å². The molecule has 494 valence electrons. The van der Waals surface area contributed by atoms with E-state index in [0.29, 0.717) is 17.4 Å². The number of hydrogen-bond donors (Lipinski definition) is 2. The van der Waals surface area contributed by atoms with E-state index in [2.05, 4.69) is 99.0 Å². The molecule has 0 spiro atoms. The minimum absolute atomic E-state index is 0.0363. The molecule has 0 saturated heterocycles. The van der Waals surface area contributed by atoms with Crippen molar-refractivity contribution in [3.05, 3.63) is 85.1 Å². The van der Waals surface area contributed by atoms with E-state index in [1.807, 2.05) is 33.3 Å². The minimum atomic E-state index is -4.46. The van der Waals surface area contributed by atoms with Crippen LogP contribution in [0.15, 0.2) is 85.1 Å². The molecule has 3 unspecified atom stereocenters. The van der Waals surface area contributed by atoms with Crippen LogP contribution in [0.5, 0.6) is 0 Å². The largest absolute Gasteiger partial charge is 0.472 e. The highest BCUT2D eigenvalue weighted by molar-refractivity contribution is 7.47. The molecule has 0 bridgehead atoms. The van der Waals surface area contributed by atoms with E-state index >= 15 is 0 Å². The van der Waals surface area contributed by atoms with Gasteiger partial charge in [-0.15, -0.1) is 0 Å².